The Labute approximate surface area is 143 Å². The summed E-state index contributed by atoms with van der Waals surface area (Å²) < 4.78 is 16.8. The molecule has 0 aliphatic carbocycles. The highest BCUT2D eigenvalue weighted by atomic mass is 16.6. The number of hydrogen-bond acceptors (Lipinski definition) is 5. The zero-order valence-corrected chi connectivity index (χ0v) is 14.4. The number of carbonyl (C=O) groups is 1. The van der Waals surface area contributed by atoms with Gasteiger partial charge >= 0.3 is 0 Å². The maximum absolute atomic E-state index is 12.1. The Morgan fingerprint density at radius 1 is 1.17 bits per heavy atom. The molecule has 0 radical (unpaired) electrons. The van der Waals surface area contributed by atoms with Gasteiger partial charge in [0, 0.05) is 19.6 Å². The highest BCUT2D eigenvalue weighted by molar-refractivity contribution is 5.78. The molecule has 1 aromatic rings. The zero-order valence-electron chi connectivity index (χ0n) is 14.4. The van der Waals surface area contributed by atoms with Crippen molar-refractivity contribution in [2.75, 3.05) is 39.4 Å². The van der Waals surface area contributed by atoms with E-state index in [1.54, 1.807) is 0 Å². The van der Waals surface area contributed by atoms with Gasteiger partial charge in [0.2, 0.25) is 5.91 Å². The number of benzene rings is 1. The maximum Gasteiger partial charge on any atom is 0.234 e. The summed E-state index contributed by atoms with van der Waals surface area (Å²) >= 11 is 0. The van der Waals surface area contributed by atoms with Crippen LogP contribution in [0.25, 0.3) is 0 Å². The topological polar surface area (TPSA) is 60.0 Å². The normalized spacial score (nSPS) is 23.8. The molecule has 1 saturated heterocycles. The lowest BCUT2D eigenvalue weighted by Gasteiger charge is -2.34. The van der Waals surface area contributed by atoms with Crippen LogP contribution in [-0.4, -0.2) is 62.4 Å². The van der Waals surface area contributed by atoms with E-state index in [2.05, 4.69) is 10.2 Å². The molecule has 24 heavy (non-hydrogen) atoms. The van der Waals surface area contributed by atoms with E-state index in [-0.39, 0.29) is 18.1 Å². The second-order valence-electron chi connectivity index (χ2n) is 6.53. The Morgan fingerprint density at radius 2 is 1.88 bits per heavy atom. The molecule has 0 aromatic heterocycles. The van der Waals surface area contributed by atoms with Crippen LogP contribution in [-0.2, 0) is 16.0 Å². The first kappa shape index (κ1) is 17.0. The van der Waals surface area contributed by atoms with E-state index < -0.39 is 0 Å². The second-order valence-corrected chi connectivity index (χ2v) is 6.53. The van der Waals surface area contributed by atoms with Crippen molar-refractivity contribution in [1.82, 2.24) is 10.2 Å². The molecule has 1 aromatic carbocycles. The highest BCUT2D eigenvalue weighted by Gasteiger charge is 2.23. The number of carbonyl (C=O) groups excluding carboxylic acids is 1. The summed E-state index contributed by atoms with van der Waals surface area (Å²) in [6, 6.07) is 5.94. The number of nitrogens with zero attached hydrogens (tertiary/aromatic N) is 1. The molecule has 2 atom stereocenters. The summed E-state index contributed by atoms with van der Waals surface area (Å²) in [4.78, 5) is 14.3. The summed E-state index contributed by atoms with van der Waals surface area (Å²) in [7, 11) is 0. The third-order valence-corrected chi connectivity index (χ3v) is 4.20. The molecule has 6 nitrogen and oxygen atoms in total. The van der Waals surface area contributed by atoms with Gasteiger partial charge in [-0.15, -0.1) is 0 Å². The van der Waals surface area contributed by atoms with Crippen LogP contribution < -0.4 is 14.8 Å². The maximum atomic E-state index is 12.1. The summed E-state index contributed by atoms with van der Waals surface area (Å²) in [6.45, 7) is 7.93. The van der Waals surface area contributed by atoms with Gasteiger partial charge < -0.3 is 19.5 Å². The predicted octanol–water partition coefficient (Wildman–Crippen LogP) is 1.23. The summed E-state index contributed by atoms with van der Waals surface area (Å²) in [6.07, 6.45) is 1.14. The van der Waals surface area contributed by atoms with E-state index in [0.29, 0.717) is 26.3 Å². The minimum absolute atomic E-state index is 0.0637. The number of fused-ring (bicyclic) bond motifs is 1. The molecule has 1 amide bonds. The van der Waals surface area contributed by atoms with Gasteiger partial charge in [-0.25, -0.2) is 0 Å². The lowest BCUT2D eigenvalue weighted by molar-refractivity contribution is -0.125. The summed E-state index contributed by atoms with van der Waals surface area (Å²) in [5, 5.41) is 2.99. The molecule has 6 heteroatoms. The van der Waals surface area contributed by atoms with Crippen molar-refractivity contribution in [2.45, 2.75) is 32.5 Å². The molecule has 132 valence electrons. The van der Waals surface area contributed by atoms with Crippen LogP contribution in [0.15, 0.2) is 18.2 Å². The Balaban J connectivity index is 1.42. The van der Waals surface area contributed by atoms with Crippen LogP contribution in [0.5, 0.6) is 11.5 Å². The Kier molecular flexibility index (Phi) is 5.58. The van der Waals surface area contributed by atoms with Crippen LogP contribution in [0, 0.1) is 0 Å². The van der Waals surface area contributed by atoms with Crippen LogP contribution in [0.2, 0.25) is 0 Å². The van der Waals surface area contributed by atoms with Gasteiger partial charge in [-0.05, 0) is 38.0 Å². The van der Waals surface area contributed by atoms with Gasteiger partial charge in [-0.3, -0.25) is 9.69 Å². The molecular weight excluding hydrogens is 308 g/mol. The first-order valence-electron chi connectivity index (χ1n) is 8.63. The Morgan fingerprint density at radius 3 is 2.62 bits per heavy atom. The van der Waals surface area contributed by atoms with E-state index in [4.69, 9.17) is 14.2 Å². The van der Waals surface area contributed by atoms with E-state index in [0.717, 1.165) is 36.6 Å². The van der Waals surface area contributed by atoms with E-state index >= 15 is 0 Å². The fraction of sp³-hybridized carbons (Fsp3) is 0.611. The van der Waals surface area contributed by atoms with Crippen LogP contribution >= 0.6 is 0 Å². The molecule has 0 unspecified atom stereocenters. The van der Waals surface area contributed by atoms with Crippen molar-refractivity contribution in [3.05, 3.63) is 23.8 Å². The number of ether oxygens (including phenoxy) is 3. The lowest BCUT2D eigenvalue weighted by Crippen LogP contribution is -2.49. The molecule has 3 rings (SSSR count). The molecule has 0 bridgehead atoms. The smallest absolute Gasteiger partial charge is 0.234 e. The van der Waals surface area contributed by atoms with Crippen LogP contribution in [0.3, 0.4) is 0 Å². The van der Waals surface area contributed by atoms with E-state index in [1.807, 2.05) is 32.0 Å². The first-order chi connectivity index (χ1) is 11.6. The standard InChI is InChI=1S/C18H26N2O4/c1-13-10-20(11-14(2)24-13)12-18(21)19-6-5-15-3-4-16-17(9-15)23-8-7-22-16/h3-4,9,13-14H,5-8,10-12H2,1-2H3,(H,19,21)/t13-,14+. The zero-order chi connectivity index (χ0) is 16.9. The lowest BCUT2D eigenvalue weighted by atomic mass is 10.1. The highest BCUT2D eigenvalue weighted by Crippen LogP contribution is 2.30. The molecule has 1 fully saturated rings. The van der Waals surface area contributed by atoms with Gasteiger partial charge in [0.05, 0.1) is 18.8 Å². The van der Waals surface area contributed by atoms with Crippen molar-refractivity contribution < 1.29 is 19.0 Å². The average molecular weight is 334 g/mol. The number of hydrogen-bond donors (Lipinski definition) is 1. The Hall–Kier alpha value is -1.79. The molecule has 2 aliphatic rings. The van der Waals surface area contributed by atoms with Crippen molar-refractivity contribution in [1.29, 1.82) is 0 Å². The summed E-state index contributed by atoms with van der Waals surface area (Å²) in [5.74, 6) is 1.65. The second kappa shape index (κ2) is 7.85. The number of amides is 1. The number of rotatable bonds is 5. The van der Waals surface area contributed by atoms with Crippen molar-refractivity contribution in [3.63, 3.8) is 0 Å². The minimum Gasteiger partial charge on any atom is -0.486 e. The van der Waals surface area contributed by atoms with E-state index in [1.165, 1.54) is 0 Å². The fourth-order valence-corrected chi connectivity index (χ4v) is 3.26. The van der Waals surface area contributed by atoms with Crippen molar-refractivity contribution in [3.8, 4) is 11.5 Å². The monoisotopic (exact) mass is 334 g/mol. The first-order valence-corrected chi connectivity index (χ1v) is 8.63. The van der Waals surface area contributed by atoms with E-state index in [9.17, 15) is 4.79 Å². The minimum atomic E-state index is 0.0637. The van der Waals surface area contributed by atoms with Gasteiger partial charge in [0.15, 0.2) is 11.5 Å². The SMILES string of the molecule is C[C@@H]1CN(CC(=O)NCCc2ccc3c(c2)OCCO3)C[C@H](C)O1. The molecule has 1 N–H and O–H groups in total. The largest absolute Gasteiger partial charge is 0.486 e. The number of morpholine rings is 1. The molecule has 2 aliphatic heterocycles. The van der Waals surface area contributed by atoms with Crippen molar-refractivity contribution >= 4 is 5.91 Å². The molecule has 2 heterocycles. The van der Waals surface area contributed by atoms with Gasteiger partial charge in [0.1, 0.15) is 13.2 Å². The van der Waals surface area contributed by atoms with Crippen molar-refractivity contribution in [2.24, 2.45) is 0 Å². The summed E-state index contributed by atoms with van der Waals surface area (Å²) in [5.41, 5.74) is 1.13. The average Bonchev–Trinajstić information content (AvgIpc) is 2.53. The molecular formula is C18H26N2O4. The van der Waals surface area contributed by atoms with Crippen LogP contribution in [0.1, 0.15) is 19.4 Å². The van der Waals surface area contributed by atoms with Gasteiger partial charge in [-0.1, -0.05) is 6.07 Å². The third kappa shape index (κ3) is 4.61. The predicted molar refractivity (Wildman–Crippen MR) is 90.6 cm³/mol. The third-order valence-electron chi connectivity index (χ3n) is 4.20. The fourth-order valence-electron chi connectivity index (χ4n) is 3.26. The van der Waals surface area contributed by atoms with Gasteiger partial charge in [0.25, 0.3) is 0 Å². The number of nitrogens with one attached hydrogen (secondary N) is 1. The Bertz CT molecular complexity index is 568. The quantitative estimate of drug-likeness (QED) is 0.877. The molecule has 0 spiro atoms. The van der Waals surface area contributed by atoms with Crippen LogP contribution in [0.4, 0.5) is 0 Å². The molecule has 0 saturated carbocycles. The van der Waals surface area contributed by atoms with Gasteiger partial charge in [-0.2, -0.15) is 0 Å².